The Morgan fingerprint density at radius 1 is 1.00 bits per heavy atom. The molecule has 0 spiro atoms. The first kappa shape index (κ1) is 23.1. The first-order valence-electron chi connectivity index (χ1n) is 10.7. The van der Waals surface area contributed by atoms with Crippen molar-refractivity contribution in [1.29, 1.82) is 0 Å². The summed E-state index contributed by atoms with van der Waals surface area (Å²) in [5.41, 5.74) is 10.0. The molecule has 0 unspecified atom stereocenters. The fourth-order valence-electron chi connectivity index (χ4n) is 4.07. The molecule has 0 bridgehead atoms. The number of carbonyl (C=O) groups excluding carboxylic acids is 1. The molecule has 0 aliphatic carbocycles. The summed E-state index contributed by atoms with van der Waals surface area (Å²) in [6.45, 7) is 6.71. The van der Waals surface area contributed by atoms with Gasteiger partial charge in [0.15, 0.2) is 0 Å². The Morgan fingerprint density at radius 2 is 1.76 bits per heavy atom. The van der Waals surface area contributed by atoms with Gasteiger partial charge in [-0.3, -0.25) is 4.79 Å². The number of carbonyl (C=O) groups is 1. The summed E-state index contributed by atoms with van der Waals surface area (Å²) in [6.07, 6.45) is 2.01. The lowest BCUT2D eigenvalue weighted by Crippen LogP contribution is -2.20. The van der Waals surface area contributed by atoms with E-state index in [1.54, 1.807) is 12.3 Å². The zero-order valence-electron chi connectivity index (χ0n) is 18.8. The Hall–Kier alpha value is -3.08. The molecule has 0 saturated heterocycles. The number of para-hydroxylation sites is 1. The second-order valence-electron chi connectivity index (χ2n) is 8.24. The molecule has 0 fully saturated rings. The molecule has 0 aliphatic rings. The zero-order chi connectivity index (χ0) is 23.5. The number of hydrogen-bond donors (Lipinski definition) is 1. The van der Waals surface area contributed by atoms with Crippen LogP contribution in [0.1, 0.15) is 33.5 Å². The second-order valence-corrected chi connectivity index (χ2v) is 9.08. The maximum Gasteiger partial charge on any atom is 0.244 e. The molecule has 0 aliphatic heterocycles. The van der Waals surface area contributed by atoms with Crippen LogP contribution in [0, 0.1) is 20.8 Å². The number of rotatable bonds is 6. The molecule has 168 valence electrons. The smallest absolute Gasteiger partial charge is 0.244 e. The van der Waals surface area contributed by atoms with Crippen LogP contribution in [0.4, 0.5) is 0 Å². The first-order chi connectivity index (χ1) is 15.8. The van der Waals surface area contributed by atoms with Crippen LogP contribution in [0.2, 0.25) is 10.0 Å². The highest BCUT2D eigenvalue weighted by molar-refractivity contribution is 6.35. The van der Waals surface area contributed by atoms with Crippen molar-refractivity contribution in [3.63, 3.8) is 0 Å². The highest BCUT2D eigenvalue weighted by atomic mass is 35.5. The summed E-state index contributed by atoms with van der Waals surface area (Å²) >= 11 is 12.5. The number of fused-ring (bicyclic) bond motifs is 1. The van der Waals surface area contributed by atoms with Gasteiger partial charge < -0.3 is 4.57 Å². The lowest BCUT2D eigenvalue weighted by Gasteiger charge is -2.10. The summed E-state index contributed by atoms with van der Waals surface area (Å²) < 4.78 is 2.20. The van der Waals surface area contributed by atoms with Crippen LogP contribution < -0.4 is 5.43 Å². The topological polar surface area (TPSA) is 46.4 Å². The Balaban J connectivity index is 1.57. The van der Waals surface area contributed by atoms with Gasteiger partial charge in [0, 0.05) is 38.8 Å². The summed E-state index contributed by atoms with van der Waals surface area (Å²) in [6, 6.07) is 19.8. The molecular formula is C27H25Cl2N3O. The van der Waals surface area contributed by atoms with E-state index in [9.17, 15) is 4.79 Å². The molecule has 1 aromatic heterocycles. The summed E-state index contributed by atoms with van der Waals surface area (Å²) in [5.74, 6) is -0.146. The number of hydrogen-bond acceptors (Lipinski definition) is 2. The largest absolute Gasteiger partial charge is 0.340 e. The predicted molar refractivity (Wildman–Crippen MR) is 138 cm³/mol. The van der Waals surface area contributed by atoms with Crippen molar-refractivity contribution < 1.29 is 4.79 Å². The van der Waals surface area contributed by atoms with Gasteiger partial charge in [0.25, 0.3) is 0 Å². The van der Waals surface area contributed by atoms with Gasteiger partial charge in [0.05, 0.1) is 12.6 Å². The highest BCUT2D eigenvalue weighted by Gasteiger charge is 2.14. The molecule has 4 aromatic rings. The van der Waals surface area contributed by atoms with Crippen LogP contribution in [0.15, 0.2) is 65.8 Å². The van der Waals surface area contributed by atoms with Crippen LogP contribution in [0.3, 0.4) is 0 Å². The number of aryl methyl sites for hydroxylation is 2. The minimum Gasteiger partial charge on any atom is -0.340 e. The minimum absolute atomic E-state index is 0.146. The average Bonchev–Trinajstić information content (AvgIpc) is 3.03. The Morgan fingerprint density at radius 3 is 2.52 bits per heavy atom. The van der Waals surface area contributed by atoms with Gasteiger partial charge in [-0.25, -0.2) is 5.43 Å². The van der Waals surface area contributed by atoms with Crippen LogP contribution in [-0.2, 0) is 17.8 Å². The van der Waals surface area contributed by atoms with Crippen LogP contribution in [0.5, 0.6) is 0 Å². The molecule has 4 rings (SSSR count). The number of halogens is 2. The second kappa shape index (κ2) is 9.82. The van der Waals surface area contributed by atoms with Crippen molar-refractivity contribution in [2.75, 3.05) is 0 Å². The minimum atomic E-state index is -0.146. The third kappa shape index (κ3) is 5.13. The SMILES string of the molecule is Cc1ccc(CC(=O)N/N=C/c2c(C)n(Cc3ccc(Cl)cc3Cl)c3ccccc23)c(C)c1. The van der Waals surface area contributed by atoms with E-state index in [4.69, 9.17) is 23.2 Å². The third-order valence-corrected chi connectivity index (χ3v) is 6.44. The first-order valence-corrected chi connectivity index (χ1v) is 11.5. The molecule has 33 heavy (non-hydrogen) atoms. The standard InChI is InChI=1S/C27H25Cl2N3O/c1-17-8-9-20(18(2)12-17)13-27(33)31-30-15-24-19(3)32(26-7-5-4-6-23(24)26)16-21-10-11-22(28)14-25(21)29/h4-12,14-15H,13,16H2,1-3H3,(H,31,33)/b30-15+. The zero-order valence-corrected chi connectivity index (χ0v) is 20.3. The number of nitrogens with one attached hydrogen (secondary N) is 1. The van der Waals surface area contributed by atoms with E-state index in [1.807, 2.05) is 57.2 Å². The van der Waals surface area contributed by atoms with Gasteiger partial charge in [-0.2, -0.15) is 5.10 Å². The van der Waals surface area contributed by atoms with Gasteiger partial charge in [-0.1, -0.05) is 71.2 Å². The van der Waals surface area contributed by atoms with Gasteiger partial charge in [0.1, 0.15) is 0 Å². The Labute approximate surface area is 203 Å². The van der Waals surface area contributed by atoms with Crippen LogP contribution >= 0.6 is 23.2 Å². The number of nitrogens with zero attached hydrogens (tertiary/aromatic N) is 2. The van der Waals surface area contributed by atoms with Crippen LogP contribution in [0.25, 0.3) is 10.9 Å². The van der Waals surface area contributed by atoms with E-state index < -0.39 is 0 Å². The summed E-state index contributed by atoms with van der Waals surface area (Å²) in [5, 5.41) is 6.57. The monoisotopic (exact) mass is 477 g/mol. The van der Waals surface area contributed by atoms with Crippen LogP contribution in [-0.4, -0.2) is 16.7 Å². The fourth-order valence-corrected chi connectivity index (χ4v) is 4.54. The van der Waals surface area contributed by atoms with Gasteiger partial charge in [-0.15, -0.1) is 0 Å². The van der Waals surface area contributed by atoms with E-state index in [0.29, 0.717) is 23.0 Å². The lowest BCUT2D eigenvalue weighted by molar-refractivity contribution is -0.120. The molecule has 1 heterocycles. The average molecular weight is 478 g/mol. The highest BCUT2D eigenvalue weighted by Crippen LogP contribution is 2.28. The van der Waals surface area contributed by atoms with E-state index in [2.05, 4.69) is 33.3 Å². The number of benzene rings is 3. The third-order valence-electron chi connectivity index (χ3n) is 5.86. The lowest BCUT2D eigenvalue weighted by atomic mass is 10.0. The van der Waals surface area contributed by atoms with Crippen molar-refractivity contribution in [3.8, 4) is 0 Å². The molecule has 0 saturated carbocycles. The van der Waals surface area contributed by atoms with Crippen molar-refractivity contribution >= 4 is 46.2 Å². The van der Waals surface area contributed by atoms with Crippen molar-refractivity contribution in [2.45, 2.75) is 33.7 Å². The Bertz CT molecular complexity index is 1370. The maximum absolute atomic E-state index is 12.4. The van der Waals surface area contributed by atoms with Gasteiger partial charge in [0.2, 0.25) is 5.91 Å². The summed E-state index contributed by atoms with van der Waals surface area (Å²) in [4.78, 5) is 12.4. The number of aromatic nitrogens is 1. The van der Waals surface area contributed by atoms with E-state index in [0.717, 1.165) is 38.9 Å². The van der Waals surface area contributed by atoms with Crippen molar-refractivity contribution in [3.05, 3.63) is 104 Å². The van der Waals surface area contributed by atoms with Crippen molar-refractivity contribution in [1.82, 2.24) is 9.99 Å². The molecule has 0 atom stereocenters. The van der Waals surface area contributed by atoms with E-state index >= 15 is 0 Å². The normalized spacial score (nSPS) is 11.4. The van der Waals surface area contributed by atoms with E-state index in [1.165, 1.54) is 5.56 Å². The molecule has 1 N–H and O–H groups in total. The number of amides is 1. The Kier molecular flexibility index (Phi) is 6.87. The van der Waals surface area contributed by atoms with Gasteiger partial charge >= 0.3 is 0 Å². The predicted octanol–water partition coefficient (Wildman–Crippen LogP) is 6.61. The summed E-state index contributed by atoms with van der Waals surface area (Å²) in [7, 11) is 0. The van der Waals surface area contributed by atoms with Crippen molar-refractivity contribution in [2.24, 2.45) is 5.10 Å². The molecule has 3 aromatic carbocycles. The molecule has 6 heteroatoms. The molecule has 4 nitrogen and oxygen atoms in total. The molecule has 0 radical (unpaired) electrons. The quantitative estimate of drug-likeness (QED) is 0.246. The number of hydrazone groups is 1. The van der Waals surface area contributed by atoms with Gasteiger partial charge in [-0.05, 0) is 55.7 Å². The fraction of sp³-hybridized carbons (Fsp3) is 0.185. The molecular weight excluding hydrogens is 453 g/mol. The van der Waals surface area contributed by atoms with E-state index in [-0.39, 0.29) is 5.91 Å². The maximum atomic E-state index is 12.4. The molecule has 1 amide bonds.